The molecule has 10 heteroatoms. The molecule has 1 saturated heterocycles. The number of methoxy groups -OCH3 is 1. The quantitative estimate of drug-likeness (QED) is 0.436. The minimum Gasteiger partial charge on any atom is -0.476 e. The Kier molecular flexibility index (Phi) is 9.24. The van der Waals surface area contributed by atoms with Gasteiger partial charge in [0.05, 0.1) is 22.3 Å². The number of hydrogen-bond donors (Lipinski definition) is 0. The van der Waals surface area contributed by atoms with E-state index in [2.05, 4.69) is 0 Å². The van der Waals surface area contributed by atoms with Gasteiger partial charge in [0.25, 0.3) is 11.8 Å². The molecule has 1 aromatic carbocycles. The van der Waals surface area contributed by atoms with Gasteiger partial charge in [-0.25, -0.2) is 4.79 Å². The normalized spacial score (nSPS) is 19.2. The van der Waals surface area contributed by atoms with Crippen molar-refractivity contribution in [1.29, 1.82) is 0 Å². The van der Waals surface area contributed by atoms with Crippen LogP contribution in [-0.2, 0) is 14.3 Å². The topological polar surface area (TPSA) is 88.6 Å². The number of halogens is 1. The van der Waals surface area contributed by atoms with Crippen molar-refractivity contribution in [3.05, 3.63) is 22.7 Å². The van der Waals surface area contributed by atoms with Gasteiger partial charge >= 0.3 is 6.09 Å². The molecule has 3 amide bonds. The van der Waals surface area contributed by atoms with E-state index in [1.165, 1.54) is 0 Å². The molecule has 2 aliphatic heterocycles. The van der Waals surface area contributed by atoms with Crippen molar-refractivity contribution in [3.8, 4) is 5.75 Å². The number of amides is 3. The molecule has 9 nitrogen and oxygen atoms in total. The Morgan fingerprint density at radius 1 is 1.26 bits per heavy atom. The lowest BCUT2D eigenvalue weighted by molar-refractivity contribution is -0.132. The lowest BCUT2D eigenvalue weighted by atomic mass is 9.99. The summed E-state index contributed by atoms with van der Waals surface area (Å²) < 4.78 is 16.7. The second-order valence-electron chi connectivity index (χ2n) is 11.7. The molecule has 2 aliphatic rings. The Hall–Kier alpha value is -2.52. The number of benzene rings is 1. The van der Waals surface area contributed by atoms with Gasteiger partial charge in [-0.1, -0.05) is 11.6 Å². The molecule has 0 aliphatic carbocycles. The molecule has 1 aromatic rings. The third-order valence-corrected chi connectivity index (χ3v) is 6.97. The highest BCUT2D eigenvalue weighted by Gasteiger charge is 2.42. The van der Waals surface area contributed by atoms with E-state index < -0.39 is 11.2 Å². The first-order valence-electron chi connectivity index (χ1n) is 13.3. The Morgan fingerprint density at radius 3 is 2.55 bits per heavy atom. The van der Waals surface area contributed by atoms with Gasteiger partial charge in [0.15, 0.2) is 5.60 Å². The fourth-order valence-electron chi connectivity index (χ4n) is 4.98. The largest absolute Gasteiger partial charge is 0.476 e. The molecule has 0 unspecified atom stereocenters. The highest BCUT2D eigenvalue weighted by molar-refractivity contribution is 6.34. The molecule has 0 bridgehead atoms. The van der Waals surface area contributed by atoms with E-state index in [1.807, 2.05) is 34.6 Å². The van der Waals surface area contributed by atoms with E-state index in [4.69, 9.17) is 25.8 Å². The molecule has 0 aromatic heterocycles. The summed E-state index contributed by atoms with van der Waals surface area (Å²) in [5.74, 6) is 0.0132. The van der Waals surface area contributed by atoms with Crippen LogP contribution in [-0.4, -0.2) is 84.3 Å². The van der Waals surface area contributed by atoms with Crippen LogP contribution in [0.5, 0.6) is 5.75 Å². The van der Waals surface area contributed by atoms with E-state index in [1.54, 1.807) is 47.8 Å². The van der Waals surface area contributed by atoms with Crippen molar-refractivity contribution in [2.75, 3.05) is 38.3 Å². The van der Waals surface area contributed by atoms with Crippen molar-refractivity contribution < 1.29 is 28.6 Å². The van der Waals surface area contributed by atoms with Crippen LogP contribution in [0.3, 0.4) is 0 Å². The summed E-state index contributed by atoms with van der Waals surface area (Å²) in [5.41, 5.74) is -0.855. The number of fused-ring (bicyclic) bond motifs is 1. The molecular formula is C28H42ClN3O6. The SMILES string of the molecule is COCCCN1C(=O)C(C)(C)Oc2cc(Cl)c(C(=O)N(C(C)C)[C@@H]3CCCN(C(=O)OC(C)(C)C)C3)cc21. The van der Waals surface area contributed by atoms with Crippen LogP contribution >= 0.6 is 11.6 Å². The lowest BCUT2D eigenvalue weighted by Gasteiger charge is -2.42. The molecule has 2 heterocycles. The first kappa shape index (κ1) is 30.0. The number of likely N-dealkylation sites (tertiary alicyclic amines) is 1. The molecule has 0 radical (unpaired) electrons. The molecule has 212 valence electrons. The average Bonchev–Trinajstić information content (AvgIpc) is 2.80. The molecule has 0 spiro atoms. The second-order valence-corrected chi connectivity index (χ2v) is 12.2. The molecule has 0 saturated carbocycles. The summed E-state index contributed by atoms with van der Waals surface area (Å²) >= 11 is 6.66. The summed E-state index contributed by atoms with van der Waals surface area (Å²) in [5, 5.41) is 0.251. The molecule has 1 atom stereocenters. The monoisotopic (exact) mass is 551 g/mol. The number of hydrogen-bond acceptors (Lipinski definition) is 6. The highest BCUT2D eigenvalue weighted by Crippen LogP contribution is 2.42. The van der Waals surface area contributed by atoms with Gasteiger partial charge in [-0.2, -0.15) is 0 Å². The molecule has 3 rings (SSSR count). The van der Waals surface area contributed by atoms with E-state index in [9.17, 15) is 14.4 Å². The van der Waals surface area contributed by atoms with Gasteiger partial charge in [-0.3, -0.25) is 9.59 Å². The summed E-state index contributed by atoms with van der Waals surface area (Å²) in [6.07, 6.45) is 1.76. The minimum absolute atomic E-state index is 0.146. The van der Waals surface area contributed by atoms with Crippen molar-refractivity contribution >= 4 is 35.2 Å². The molecule has 1 fully saturated rings. The summed E-state index contributed by atoms with van der Waals surface area (Å²) in [6.45, 7) is 14.7. The fraction of sp³-hybridized carbons (Fsp3) is 0.679. The van der Waals surface area contributed by atoms with Crippen LogP contribution in [0, 0.1) is 0 Å². The average molecular weight is 552 g/mol. The number of carbonyl (C=O) groups is 3. The van der Waals surface area contributed by atoms with E-state index in [-0.39, 0.29) is 35.0 Å². The summed E-state index contributed by atoms with van der Waals surface area (Å²) in [7, 11) is 1.62. The highest BCUT2D eigenvalue weighted by atomic mass is 35.5. The standard InChI is InChI=1S/C28H42ClN3O6/c1-18(2)32(19-11-9-12-30(17-19)26(35)38-27(3,4)5)24(33)20-15-22-23(16-21(20)29)37-28(6,7)25(34)31(22)13-10-14-36-8/h15-16,18-19H,9-14,17H2,1-8H3/t19-/m1/s1. The first-order valence-corrected chi connectivity index (χ1v) is 13.7. The fourth-order valence-corrected chi connectivity index (χ4v) is 5.21. The van der Waals surface area contributed by atoms with Gasteiger partial charge in [0.1, 0.15) is 11.4 Å². The van der Waals surface area contributed by atoms with Gasteiger partial charge < -0.3 is 28.9 Å². The summed E-state index contributed by atoms with van der Waals surface area (Å²) in [4.78, 5) is 45.1. The van der Waals surface area contributed by atoms with Crippen LogP contribution in [0.2, 0.25) is 5.02 Å². The predicted molar refractivity (Wildman–Crippen MR) is 147 cm³/mol. The van der Waals surface area contributed by atoms with Crippen molar-refractivity contribution in [2.24, 2.45) is 0 Å². The van der Waals surface area contributed by atoms with Crippen LogP contribution in [0.25, 0.3) is 0 Å². The number of nitrogens with zero attached hydrogens (tertiary/aromatic N) is 3. The number of ether oxygens (including phenoxy) is 3. The number of carbonyl (C=O) groups excluding carboxylic acids is 3. The van der Waals surface area contributed by atoms with E-state index in [0.717, 1.165) is 12.8 Å². The van der Waals surface area contributed by atoms with Crippen molar-refractivity contribution in [2.45, 2.75) is 91.0 Å². The predicted octanol–water partition coefficient (Wildman–Crippen LogP) is 5.13. The smallest absolute Gasteiger partial charge is 0.410 e. The van der Waals surface area contributed by atoms with Gasteiger partial charge in [0, 0.05) is 45.5 Å². The number of piperidine rings is 1. The van der Waals surface area contributed by atoms with Crippen molar-refractivity contribution in [3.63, 3.8) is 0 Å². The zero-order valence-corrected chi connectivity index (χ0v) is 24.7. The van der Waals surface area contributed by atoms with E-state index >= 15 is 0 Å². The van der Waals surface area contributed by atoms with Crippen LogP contribution < -0.4 is 9.64 Å². The Labute approximate surface area is 231 Å². The van der Waals surface area contributed by atoms with Crippen molar-refractivity contribution in [1.82, 2.24) is 9.80 Å². The lowest BCUT2D eigenvalue weighted by Crippen LogP contribution is -2.54. The van der Waals surface area contributed by atoms with Gasteiger partial charge in [0.2, 0.25) is 0 Å². The van der Waals surface area contributed by atoms with Gasteiger partial charge in [-0.05, 0) is 73.8 Å². The molecule has 0 N–H and O–H groups in total. The minimum atomic E-state index is -1.06. The number of rotatable bonds is 7. The molecule has 38 heavy (non-hydrogen) atoms. The Bertz CT molecular complexity index is 1050. The Morgan fingerprint density at radius 2 is 1.95 bits per heavy atom. The Balaban J connectivity index is 1.93. The summed E-state index contributed by atoms with van der Waals surface area (Å²) in [6, 6.07) is 2.93. The van der Waals surface area contributed by atoms with E-state index in [0.29, 0.717) is 49.7 Å². The van der Waals surface area contributed by atoms with Gasteiger partial charge in [-0.15, -0.1) is 0 Å². The molecular weight excluding hydrogens is 510 g/mol. The van der Waals surface area contributed by atoms with Crippen LogP contribution in [0.4, 0.5) is 10.5 Å². The zero-order valence-electron chi connectivity index (χ0n) is 23.9. The third-order valence-electron chi connectivity index (χ3n) is 6.66. The number of anilines is 1. The maximum absolute atomic E-state index is 14.0. The second kappa shape index (κ2) is 11.7. The first-order chi connectivity index (χ1) is 17.7. The van der Waals surface area contributed by atoms with Crippen LogP contribution in [0.1, 0.15) is 78.1 Å². The maximum Gasteiger partial charge on any atom is 0.410 e. The maximum atomic E-state index is 14.0. The van der Waals surface area contributed by atoms with Crippen LogP contribution in [0.15, 0.2) is 12.1 Å². The zero-order chi connectivity index (χ0) is 28.4. The third kappa shape index (κ3) is 6.72.